The maximum absolute atomic E-state index is 11.1. The lowest BCUT2D eigenvalue weighted by atomic mass is 10.2. The maximum atomic E-state index is 11.1. The molecule has 0 radical (unpaired) electrons. The van der Waals surface area contributed by atoms with Crippen molar-refractivity contribution in [1.29, 1.82) is 0 Å². The molecule has 0 heterocycles. The fourth-order valence-electron chi connectivity index (χ4n) is 0.597. The number of hydrogen-bond donors (Lipinski definition) is 1. The van der Waals surface area contributed by atoms with E-state index in [1.54, 1.807) is 0 Å². The highest BCUT2D eigenvalue weighted by Crippen LogP contribution is 2.36. The summed E-state index contributed by atoms with van der Waals surface area (Å²) < 4.78 is 5.23. The van der Waals surface area contributed by atoms with Gasteiger partial charge in [-0.05, 0) is 18.1 Å². The van der Waals surface area contributed by atoms with Crippen molar-refractivity contribution in [1.82, 2.24) is 0 Å². The highest BCUT2D eigenvalue weighted by atomic mass is 28.4. The molecule has 14 heavy (non-hydrogen) atoms. The van der Waals surface area contributed by atoms with E-state index in [0.717, 1.165) is 0 Å². The van der Waals surface area contributed by atoms with Gasteiger partial charge in [0.05, 0.1) is 0 Å². The zero-order chi connectivity index (χ0) is 11.6. The Balaban J connectivity index is 4.37. The van der Waals surface area contributed by atoms with Crippen LogP contribution >= 0.6 is 0 Å². The molecule has 0 bridgehead atoms. The van der Waals surface area contributed by atoms with Gasteiger partial charge in [-0.15, -0.1) is 0 Å². The topological polar surface area (TPSA) is 63.6 Å². The van der Waals surface area contributed by atoms with Crippen molar-refractivity contribution in [2.24, 2.45) is 0 Å². The Bertz CT molecular complexity index is 240. The smallest absolute Gasteiger partial charge is 0.314 e. The van der Waals surface area contributed by atoms with Gasteiger partial charge in [-0.25, -0.2) is 0 Å². The first-order valence-electron chi connectivity index (χ1n) is 4.50. The molecule has 0 rings (SSSR count). The third kappa shape index (κ3) is 3.91. The van der Waals surface area contributed by atoms with Crippen molar-refractivity contribution in [2.75, 3.05) is 0 Å². The van der Waals surface area contributed by atoms with Crippen LogP contribution in [0.1, 0.15) is 27.2 Å². The molecule has 82 valence electrons. The summed E-state index contributed by atoms with van der Waals surface area (Å²) in [4.78, 5) is 21.4. The second-order valence-corrected chi connectivity index (χ2v) is 9.53. The molecule has 0 aliphatic heterocycles. The molecule has 0 unspecified atom stereocenters. The molecule has 0 saturated carbocycles. The van der Waals surface area contributed by atoms with Crippen LogP contribution in [-0.4, -0.2) is 25.4 Å². The lowest BCUT2D eigenvalue weighted by Crippen LogP contribution is -2.42. The molecule has 0 aliphatic rings. The third-order valence-electron chi connectivity index (χ3n) is 2.47. The van der Waals surface area contributed by atoms with Gasteiger partial charge in [0.1, 0.15) is 6.42 Å². The SMILES string of the molecule is CC(C)(C)[Si](C)(C)OC(=O)CC(=O)O. The molecular formula is C9H18O4Si. The van der Waals surface area contributed by atoms with E-state index in [2.05, 4.69) is 0 Å². The van der Waals surface area contributed by atoms with Gasteiger partial charge >= 0.3 is 11.9 Å². The van der Waals surface area contributed by atoms with Gasteiger partial charge in [0.25, 0.3) is 8.32 Å². The quantitative estimate of drug-likeness (QED) is 0.581. The Hall–Kier alpha value is -0.843. The number of aliphatic carboxylic acids is 1. The highest BCUT2D eigenvalue weighted by Gasteiger charge is 2.40. The Morgan fingerprint density at radius 3 is 2.00 bits per heavy atom. The molecule has 0 aliphatic carbocycles. The van der Waals surface area contributed by atoms with Crippen LogP contribution in [0, 0.1) is 0 Å². The molecule has 0 aromatic heterocycles. The zero-order valence-corrected chi connectivity index (χ0v) is 10.4. The molecule has 0 aromatic carbocycles. The summed E-state index contributed by atoms with van der Waals surface area (Å²) in [5, 5.41) is 8.32. The van der Waals surface area contributed by atoms with Crippen LogP contribution in [0.4, 0.5) is 0 Å². The lowest BCUT2D eigenvalue weighted by Gasteiger charge is -2.35. The van der Waals surface area contributed by atoms with Gasteiger partial charge in [-0.1, -0.05) is 20.8 Å². The molecular weight excluding hydrogens is 200 g/mol. The summed E-state index contributed by atoms with van der Waals surface area (Å²) in [6, 6.07) is 0. The van der Waals surface area contributed by atoms with E-state index in [4.69, 9.17) is 9.53 Å². The van der Waals surface area contributed by atoms with Gasteiger partial charge in [-0.3, -0.25) is 9.59 Å². The second-order valence-electron chi connectivity index (χ2n) is 4.80. The second kappa shape index (κ2) is 4.12. The third-order valence-corrected chi connectivity index (χ3v) is 6.82. The molecule has 5 heteroatoms. The minimum absolute atomic E-state index is 0.0822. The maximum Gasteiger partial charge on any atom is 0.314 e. The van der Waals surface area contributed by atoms with E-state index in [-0.39, 0.29) is 5.04 Å². The van der Waals surface area contributed by atoms with E-state index in [9.17, 15) is 9.59 Å². The first-order chi connectivity index (χ1) is 6.06. The summed E-state index contributed by atoms with van der Waals surface area (Å²) >= 11 is 0. The molecule has 0 aromatic rings. The Morgan fingerprint density at radius 1 is 1.29 bits per heavy atom. The van der Waals surface area contributed by atoms with Gasteiger partial charge in [-0.2, -0.15) is 0 Å². The molecule has 1 N–H and O–H groups in total. The average molecular weight is 218 g/mol. The predicted molar refractivity (Wildman–Crippen MR) is 55.5 cm³/mol. The van der Waals surface area contributed by atoms with Crippen LogP contribution in [0.25, 0.3) is 0 Å². The number of carboxylic acid groups (broad SMARTS) is 1. The van der Waals surface area contributed by atoms with Crippen molar-refractivity contribution in [2.45, 2.75) is 45.3 Å². The van der Waals surface area contributed by atoms with E-state index in [1.165, 1.54) is 0 Å². The fourth-order valence-corrected chi connectivity index (χ4v) is 1.54. The first kappa shape index (κ1) is 13.2. The number of carbonyl (C=O) groups excluding carboxylic acids is 1. The minimum atomic E-state index is -2.15. The predicted octanol–water partition coefficient (Wildman–Crippen LogP) is 2.01. The van der Waals surface area contributed by atoms with E-state index < -0.39 is 26.7 Å². The zero-order valence-electron chi connectivity index (χ0n) is 9.38. The molecule has 0 spiro atoms. The van der Waals surface area contributed by atoms with Crippen LogP contribution in [0.15, 0.2) is 0 Å². The minimum Gasteiger partial charge on any atom is -0.519 e. The van der Waals surface area contributed by atoms with Crippen molar-refractivity contribution in [3.05, 3.63) is 0 Å². The lowest BCUT2D eigenvalue weighted by molar-refractivity contribution is -0.146. The van der Waals surface area contributed by atoms with E-state index in [0.29, 0.717) is 0 Å². The van der Waals surface area contributed by atoms with Crippen molar-refractivity contribution in [3.8, 4) is 0 Å². The Labute approximate surface area is 85.4 Å². The van der Waals surface area contributed by atoms with Gasteiger partial charge in [0.15, 0.2) is 0 Å². The van der Waals surface area contributed by atoms with Crippen LogP contribution < -0.4 is 0 Å². The van der Waals surface area contributed by atoms with E-state index >= 15 is 0 Å². The standard InChI is InChI=1S/C9H18O4Si/c1-9(2,3)14(4,5)13-8(12)6-7(10)11/h6H2,1-5H3,(H,10,11). The molecule has 0 atom stereocenters. The van der Waals surface area contributed by atoms with Gasteiger partial charge < -0.3 is 9.53 Å². The van der Waals surface area contributed by atoms with Crippen LogP contribution in [0.5, 0.6) is 0 Å². The monoisotopic (exact) mass is 218 g/mol. The average Bonchev–Trinajstić information content (AvgIpc) is 1.79. The van der Waals surface area contributed by atoms with Gasteiger partial charge in [0.2, 0.25) is 0 Å². The number of rotatable bonds is 3. The molecule has 0 amide bonds. The summed E-state index contributed by atoms with van der Waals surface area (Å²) in [7, 11) is -2.15. The number of hydrogen-bond acceptors (Lipinski definition) is 3. The summed E-state index contributed by atoms with van der Waals surface area (Å²) in [5.41, 5.74) is 0. The first-order valence-corrected chi connectivity index (χ1v) is 7.41. The van der Waals surface area contributed by atoms with Crippen molar-refractivity contribution >= 4 is 20.3 Å². The summed E-state index contributed by atoms with van der Waals surface area (Å²) in [6.07, 6.45) is -0.549. The number of carbonyl (C=O) groups is 2. The Kier molecular flexibility index (Phi) is 3.88. The summed E-state index contributed by atoms with van der Waals surface area (Å²) in [5.74, 6) is -1.78. The van der Waals surface area contributed by atoms with Crippen molar-refractivity contribution < 1.29 is 19.1 Å². The molecule has 0 saturated heterocycles. The molecule has 4 nitrogen and oxygen atoms in total. The molecule has 0 fully saturated rings. The van der Waals surface area contributed by atoms with Crippen molar-refractivity contribution in [3.63, 3.8) is 0 Å². The number of carboxylic acids is 1. The fraction of sp³-hybridized carbons (Fsp3) is 0.778. The van der Waals surface area contributed by atoms with Crippen LogP contribution in [0.2, 0.25) is 18.1 Å². The van der Waals surface area contributed by atoms with Crippen LogP contribution in [-0.2, 0) is 14.0 Å². The van der Waals surface area contributed by atoms with E-state index in [1.807, 2.05) is 33.9 Å². The normalized spacial score (nSPS) is 12.4. The van der Waals surface area contributed by atoms with Crippen LogP contribution in [0.3, 0.4) is 0 Å². The summed E-state index contributed by atoms with van der Waals surface area (Å²) in [6.45, 7) is 9.80. The van der Waals surface area contributed by atoms with Gasteiger partial charge in [0, 0.05) is 0 Å². The largest absolute Gasteiger partial charge is 0.519 e. The Morgan fingerprint density at radius 2 is 1.71 bits per heavy atom. The highest BCUT2D eigenvalue weighted by molar-refractivity contribution is 6.75.